The Morgan fingerprint density at radius 2 is 2.23 bits per heavy atom. The smallest absolute Gasteiger partial charge is 0.156 e. The molecule has 1 fully saturated rings. The molecule has 4 aliphatic rings. The zero-order valence-electron chi connectivity index (χ0n) is 13.7. The minimum atomic E-state index is 0.212. The molecule has 0 spiro atoms. The van der Waals surface area contributed by atoms with Gasteiger partial charge >= 0.3 is 0 Å². The molecule has 116 valence electrons. The Kier molecular flexibility index (Phi) is 3.11. The van der Waals surface area contributed by atoms with E-state index in [0.29, 0.717) is 23.5 Å². The summed E-state index contributed by atoms with van der Waals surface area (Å²) in [5.41, 5.74) is 2.99. The molecule has 0 aliphatic heterocycles. The number of carbonyl (C=O) groups excluding carboxylic acids is 1. The van der Waals surface area contributed by atoms with Gasteiger partial charge in [0.1, 0.15) is 0 Å². The summed E-state index contributed by atoms with van der Waals surface area (Å²) in [6.07, 6.45) is 15.4. The topological polar surface area (TPSA) is 17.1 Å². The van der Waals surface area contributed by atoms with Gasteiger partial charge in [-0.25, -0.2) is 0 Å². The van der Waals surface area contributed by atoms with Crippen LogP contribution in [0.25, 0.3) is 0 Å². The second-order valence-electron chi connectivity index (χ2n) is 8.07. The summed E-state index contributed by atoms with van der Waals surface area (Å²) < 4.78 is 0. The average molecular weight is 294 g/mol. The van der Waals surface area contributed by atoms with Crippen molar-refractivity contribution in [1.29, 1.82) is 0 Å². The van der Waals surface area contributed by atoms with E-state index in [0.717, 1.165) is 24.7 Å². The molecule has 1 nitrogen and oxygen atoms in total. The zero-order valence-corrected chi connectivity index (χ0v) is 13.7. The molecule has 22 heavy (non-hydrogen) atoms. The second-order valence-corrected chi connectivity index (χ2v) is 8.07. The van der Waals surface area contributed by atoms with Crippen molar-refractivity contribution in [2.75, 3.05) is 0 Å². The summed E-state index contributed by atoms with van der Waals surface area (Å²) >= 11 is 0. The van der Waals surface area contributed by atoms with Gasteiger partial charge in [0.25, 0.3) is 0 Å². The van der Waals surface area contributed by atoms with E-state index < -0.39 is 0 Å². The molecule has 0 N–H and O–H groups in total. The minimum Gasteiger partial charge on any atom is -0.295 e. The molecule has 4 rings (SSSR count). The van der Waals surface area contributed by atoms with Crippen LogP contribution in [0.3, 0.4) is 0 Å². The van der Waals surface area contributed by atoms with Gasteiger partial charge in [0.05, 0.1) is 0 Å². The van der Waals surface area contributed by atoms with E-state index in [2.05, 4.69) is 44.7 Å². The summed E-state index contributed by atoms with van der Waals surface area (Å²) in [6.45, 7) is 8.87. The van der Waals surface area contributed by atoms with E-state index in [9.17, 15) is 4.79 Å². The van der Waals surface area contributed by atoms with Crippen LogP contribution in [0.4, 0.5) is 0 Å². The Morgan fingerprint density at radius 1 is 1.41 bits per heavy atom. The summed E-state index contributed by atoms with van der Waals surface area (Å²) in [5.74, 6) is 3.85. The normalized spacial score (nSPS) is 46.3. The van der Waals surface area contributed by atoms with Crippen molar-refractivity contribution >= 4 is 5.78 Å². The third-order valence-electron chi connectivity index (χ3n) is 7.09. The lowest BCUT2D eigenvalue weighted by Gasteiger charge is -2.54. The van der Waals surface area contributed by atoms with E-state index in [1.807, 2.05) is 6.08 Å². The Labute approximate surface area is 133 Å². The number of ketones is 1. The number of fused-ring (bicyclic) bond motifs is 5. The average Bonchev–Trinajstić information content (AvgIpc) is 2.94. The molecule has 0 aromatic rings. The molecule has 0 amide bonds. The van der Waals surface area contributed by atoms with E-state index in [-0.39, 0.29) is 5.41 Å². The van der Waals surface area contributed by atoms with Crippen LogP contribution in [0, 0.1) is 35.0 Å². The summed E-state index contributed by atoms with van der Waals surface area (Å²) in [7, 11) is 0. The van der Waals surface area contributed by atoms with Crippen LogP contribution in [0.15, 0.2) is 48.1 Å². The van der Waals surface area contributed by atoms with Gasteiger partial charge in [0, 0.05) is 6.42 Å². The van der Waals surface area contributed by atoms with E-state index >= 15 is 0 Å². The minimum absolute atomic E-state index is 0.212. The zero-order chi connectivity index (χ0) is 15.5. The molecule has 6 atom stereocenters. The van der Waals surface area contributed by atoms with Gasteiger partial charge in [-0.1, -0.05) is 44.7 Å². The molecule has 0 radical (unpaired) electrons. The second kappa shape index (κ2) is 4.81. The molecular formula is C21H26O. The SMILES string of the molecule is C=CC1=CCC2C3C=CC4=CC(=O)CC[C@]4(C)C3C[C@@H](C)C12. The standard InChI is InChI=1S/C21H26O/c1-4-14-5-7-18-17-8-6-15-12-16(22)9-10-21(15,3)19(17)11-13(2)20(14)18/h4-6,8,12-13,17-20H,1,7,9-11H2,2-3H3/t13-,17?,18?,19?,20?,21+/m1/s1. The lowest BCUT2D eigenvalue weighted by atomic mass is 9.50. The van der Waals surface area contributed by atoms with Gasteiger partial charge in [0.2, 0.25) is 0 Å². The molecule has 0 aromatic heterocycles. The maximum absolute atomic E-state index is 11.8. The van der Waals surface area contributed by atoms with E-state index in [1.165, 1.54) is 24.0 Å². The highest BCUT2D eigenvalue weighted by molar-refractivity contribution is 5.92. The Morgan fingerprint density at radius 3 is 3.00 bits per heavy atom. The highest BCUT2D eigenvalue weighted by atomic mass is 16.1. The van der Waals surface area contributed by atoms with Crippen molar-refractivity contribution < 1.29 is 4.79 Å². The molecule has 0 heterocycles. The first-order valence-electron chi connectivity index (χ1n) is 8.80. The number of hydrogen-bond donors (Lipinski definition) is 0. The van der Waals surface area contributed by atoms with Crippen LogP contribution in [-0.4, -0.2) is 5.78 Å². The monoisotopic (exact) mass is 294 g/mol. The fourth-order valence-electron chi connectivity index (χ4n) is 5.92. The lowest BCUT2D eigenvalue weighted by Crippen LogP contribution is -2.47. The Balaban J connectivity index is 1.74. The van der Waals surface area contributed by atoms with Crippen molar-refractivity contribution in [2.24, 2.45) is 35.0 Å². The van der Waals surface area contributed by atoms with Crippen molar-refractivity contribution in [3.63, 3.8) is 0 Å². The van der Waals surface area contributed by atoms with Crippen LogP contribution in [0.2, 0.25) is 0 Å². The first-order chi connectivity index (χ1) is 10.5. The van der Waals surface area contributed by atoms with Crippen LogP contribution < -0.4 is 0 Å². The third kappa shape index (κ3) is 1.81. The lowest BCUT2D eigenvalue weighted by molar-refractivity contribution is -0.116. The highest BCUT2D eigenvalue weighted by Gasteiger charge is 2.53. The first-order valence-corrected chi connectivity index (χ1v) is 8.80. The number of rotatable bonds is 1. The number of hydrogen-bond acceptors (Lipinski definition) is 1. The Hall–Kier alpha value is -1.37. The number of carbonyl (C=O) groups is 1. The Bertz CT molecular complexity index is 620. The summed E-state index contributed by atoms with van der Waals surface area (Å²) in [5, 5.41) is 0. The van der Waals surface area contributed by atoms with Gasteiger partial charge in [-0.3, -0.25) is 4.79 Å². The summed E-state index contributed by atoms with van der Waals surface area (Å²) in [4.78, 5) is 11.8. The summed E-state index contributed by atoms with van der Waals surface area (Å²) in [6, 6.07) is 0. The van der Waals surface area contributed by atoms with E-state index in [1.54, 1.807) is 0 Å². The molecule has 0 saturated heterocycles. The maximum Gasteiger partial charge on any atom is 0.156 e. The fraction of sp³-hybridized carbons (Fsp3) is 0.571. The fourth-order valence-corrected chi connectivity index (χ4v) is 5.92. The molecule has 0 bridgehead atoms. The van der Waals surface area contributed by atoms with Crippen molar-refractivity contribution in [1.82, 2.24) is 0 Å². The molecule has 1 saturated carbocycles. The molecule has 4 aliphatic carbocycles. The maximum atomic E-state index is 11.8. The van der Waals surface area contributed by atoms with Gasteiger partial charge in [-0.2, -0.15) is 0 Å². The van der Waals surface area contributed by atoms with E-state index in [4.69, 9.17) is 0 Å². The molecule has 1 heteroatoms. The van der Waals surface area contributed by atoms with Crippen LogP contribution in [0.1, 0.15) is 39.5 Å². The van der Waals surface area contributed by atoms with Gasteiger partial charge in [-0.05, 0) is 71.5 Å². The van der Waals surface area contributed by atoms with Crippen molar-refractivity contribution in [2.45, 2.75) is 39.5 Å². The molecule has 4 unspecified atom stereocenters. The van der Waals surface area contributed by atoms with Crippen LogP contribution in [0.5, 0.6) is 0 Å². The predicted molar refractivity (Wildman–Crippen MR) is 90.2 cm³/mol. The highest BCUT2D eigenvalue weighted by Crippen LogP contribution is 2.60. The molecular weight excluding hydrogens is 268 g/mol. The molecule has 0 aromatic carbocycles. The van der Waals surface area contributed by atoms with Crippen LogP contribution in [-0.2, 0) is 4.79 Å². The third-order valence-corrected chi connectivity index (χ3v) is 7.09. The quantitative estimate of drug-likeness (QED) is 0.674. The number of allylic oxidation sites excluding steroid dienone is 7. The van der Waals surface area contributed by atoms with Crippen molar-refractivity contribution in [3.05, 3.63) is 48.1 Å². The van der Waals surface area contributed by atoms with Gasteiger partial charge in [0.15, 0.2) is 5.78 Å². The van der Waals surface area contributed by atoms with Gasteiger partial charge in [-0.15, -0.1) is 0 Å². The predicted octanol–water partition coefficient (Wildman–Crippen LogP) is 4.87. The van der Waals surface area contributed by atoms with Gasteiger partial charge < -0.3 is 0 Å². The van der Waals surface area contributed by atoms with Crippen LogP contribution >= 0.6 is 0 Å². The largest absolute Gasteiger partial charge is 0.295 e. The van der Waals surface area contributed by atoms with Crippen molar-refractivity contribution in [3.8, 4) is 0 Å². The first kappa shape index (κ1) is 14.2.